The minimum absolute atomic E-state index is 0.0677. The molecule has 0 aliphatic heterocycles. The number of carbonyl (C=O) groups excluding carboxylic acids is 1. The smallest absolute Gasteiger partial charge is 0.257 e. The van der Waals surface area contributed by atoms with E-state index >= 15 is 0 Å². The molecule has 2 aromatic rings. The number of amides is 1. The second-order valence-electron chi connectivity index (χ2n) is 3.94. The van der Waals surface area contributed by atoms with E-state index in [9.17, 15) is 9.18 Å². The molecular formula is C14H11FN4O. The maximum atomic E-state index is 13.0. The summed E-state index contributed by atoms with van der Waals surface area (Å²) in [5.41, 5.74) is 0.673. The summed E-state index contributed by atoms with van der Waals surface area (Å²) in [6.07, 6.45) is 1.41. The number of rotatable bonds is 3. The van der Waals surface area contributed by atoms with Crippen LogP contribution in [0.25, 0.3) is 0 Å². The molecule has 1 amide bonds. The van der Waals surface area contributed by atoms with Crippen molar-refractivity contribution in [1.82, 2.24) is 4.98 Å². The zero-order valence-corrected chi connectivity index (χ0v) is 10.6. The summed E-state index contributed by atoms with van der Waals surface area (Å²) in [5.74, 6) is -0.302. The second-order valence-corrected chi connectivity index (χ2v) is 3.94. The fourth-order valence-electron chi connectivity index (χ4n) is 1.59. The van der Waals surface area contributed by atoms with Crippen LogP contribution in [0.5, 0.6) is 0 Å². The van der Waals surface area contributed by atoms with Gasteiger partial charge in [-0.2, -0.15) is 5.26 Å². The Labute approximate surface area is 115 Å². The van der Waals surface area contributed by atoms with Gasteiger partial charge in [0.2, 0.25) is 0 Å². The van der Waals surface area contributed by atoms with E-state index in [1.54, 1.807) is 19.2 Å². The number of benzene rings is 1. The highest BCUT2D eigenvalue weighted by Gasteiger charge is 2.10. The highest BCUT2D eigenvalue weighted by atomic mass is 19.1. The Hall–Kier alpha value is -2.94. The van der Waals surface area contributed by atoms with Gasteiger partial charge in [0.15, 0.2) is 0 Å². The minimum atomic E-state index is -0.528. The van der Waals surface area contributed by atoms with E-state index in [0.717, 1.165) is 6.07 Å². The van der Waals surface area contributed by atoms with E-state index in [2.05, 4.69) is 15.6 Å². The molecule has 0 aliphatic rings. The number of anilines is 2. The maximum Gasteiger partial charge on any atom is 0.257 e. The number of hydrogen-bond acceptors (Lipinski definition) is 4. The number of aromatic nitrogens is 1. The number of hydrogen-bond donors (Lipinski definition) is 2. The number of halogens is 1. The molecule has 0 unspecified atom stereocenters. The summed E-state index contributed by atoms with van der Waals surface area (Å²) in [4.78, 5) is 16.0. The Balaban J connectivity index is 2.21. The standard InChI is InChI=1S/C14H11FN4O/c1-17-13-5-2-9(8-18-13)14(20)19-12-4-3-11(15)6-10(12)7-16/h2-6,8H,1H3,(H,17,18)(H,19,20). The molecule has 0 fully saturated rings. The van der Waals surface area contributed by atoms with E-state index in [-0.39, 0.29) is 11.3 Å². The van der Waals surface area contributed by atoms with E-state index in [1.165, 1.54) is 18.3 Å². The van der Waals surface area contributed by atoms with E-state index in [4.69, 9.17) is 5.26 Å². The predicted octanol–water partition coefficient (Wildman–Crippen LogP) is 2.39. The van der Waals surface area contributed by atoms with Gasteiger partial charge in [-0.3, -0.25) is 4.79 Å². The van der Waals surface area contributed by atoms with E-state index in [1.807, 2.05) is 6.07 Å². The quantitative estimate of drug-likeness (QED) is 0.897. The molecule has 100 valence electrons. The summed E-state index contributed by atoms with van der Waals surface area (Å²) in [7, 11) is 1.72. The molecule has 1 heterocycles. The van der Waals surface area contributed by atoms with Gasteiger partial charge < -0.3 is 10.6 Å². The van der Waals surface area contributed by atoms with Gasteiger partial charge in [0.1, 0.15) is 17.7 Å². The lowest BCUT2D eigenvalue weighted by molar-refractivity contribution is 0.102. The van der Waals surface area contributed by atoms with E-state index in [0.29, 0.717) is 11.4 Å². The average molecular weight is 270 g/mol. The summed E-state index contributed by atoms with van der Waals surface area (Å²) >= 11 is 0. The molecule has 1 aromatic carbocycles. The van der Waals surface area contributed by atoms with Crippen LogP contribution in [0.4, 0.5) is 15.9 Å². The number of carbonyl (C=O) groups is 1. The van der Waals surface area contributed by atoms with Crippen molar-refractivity contribution in [2.75, 3.05) is 17.7 Å². The van der Waals surface area contributed by atoms with Crippen LogP contribution < -0.4 is 10.6 Å². The molecular weight excluding hydrogens is 259 g/mol. The second kappa shape index (κ2) is 5.80. The summed E-state index contributed by atoms with van der Waals surface area (Å²) in [5, 5.41) is 14.3. The van der Waals surface area contributed by atoms with Crippen molar-refractivity contribution in [3.8, 4) is 6.07 Å². The summed E-state index contributed by atoms with van der Waals surface area (Å²) in [6.45, 7) is 0. The lowest BCUT2D eigenvalue weighted by atomic mass is 10.1. The van der Waals surface area contributed by atoms with Crippen LogP contribution in [0, 0.1) is 17.1 Å². The molecule has 0 radical (unpaired) electrons. The van der Waals surface area contributed by atoms with Crippen LogP contribution in [0.1, 0.15) is 15.9 Å². The van der Waals surface area contributed by atoms with Crippen LogP contribution in [0.2, 0.25) is 0 Å². The topological polar surface area (TPSA) is 77.8 Å². The van der Waals surface area contributed by atoms with E-state index < -0.39 is 11.7 Å². The zero-order chi connectivity index (χ0) is 14.5. The molecule has 0 bridgehead atoms. The molecule has 6 heteroatoms. The van der Waals surface area contributed by atoms with Gasteiger partial charge in [-0.25, -0.2) is 9.37 Å². The fourth-order valence-corrected chi connectivity index (χ4v) is 1.59. The Bertz CT molecular complexity index is 677. The highest BCUT2D eigenvalue weighted by molar-refractivity contribution is 6.04. The molecule has 5 nitrogen and oxygen atoms in total. The molecule has 1 aromatic heterocycles. The van der Waals surface area contributed by atoms with Crippen molar-refractivity contribution >= 4 is 17.4 Å². The van der Waals surface area contributed by atoms with Gasteiger partial charge in [0.25, 0.3) is 5.91 Å². The highest BCUT2D eigenvalue weighted by Crippen LogP contribution is 2.17. The van der Waals surface area contributed by atoms with Crippen LogP contribution in [0.3, 0.4) is 0 Å². The molecule has 20 heavy (non-hydrogen) atoms. The van der Waals surface area contributed by atoms with Crippen LogP contribution in [-0.2, 0) is 0 Å². The number of nitriles is 1. The third-order valence-electron chi connectivity index (χ3n) is 2.63. The monoisotopic (exact) mass is 270 g/mol. The largest absolute Gasteiger partial charge is 0.373 e. The third kappa shape index (κ3) is 2.90. The SMILES string of the molecule is CNc1ccc(C(=O)Nc2ccc(F)cc2C#N)cn1. The Morgan fingerprint density at radius 3 is 2.75 bits per heavy atom. The molecule has 0 aliphatic carbocycles. The zero-order valence-electron chi connectivity index (χ0n) is 10.6. The Morgan fingerprint density at radius 2 is 2.15 bits per heavy atom. The Morgan fingerprint density at radius 1 is 1.35 bits per heavy atom. The predicted molar refractivity (Wildman–Crippen MR) is 72.9 cm³/mol. The molecule has 2 rings (SSSR count). The van der Waals surface area contributed by atoms with Gasteiger partial charge in [-0.1, -0.05) is 0 Å². The number of pyridine rings is 1. The van der Waals surface area contributed by atoms with Crippen molar-refractivity contribution in [2.45, 2.75) is 0 Å². The average Bonchev–Trinajstić information content (AvgIpc) is 2.49. The third-order valence-corrected chi connectivity index (χ3v) is 2.63. The molecule has 0 atom stereocenters. The summed E-state index contributed by atoms with van der Waals surface area (Å²) < 4.78 is 13.0. The van der Waals surface area contributed by atoms with Gasteiger partial charge in [0.05, 0.1) is 16.8 Å². The first-order chi connectivity index (χ1) is 9.63. The van der Waals surface area contributed by atoms with Crippen LogP contribution in [0.15, 0.2) is 36.5 Å². The molecule has 0 spiro atoms. The minimum Gasteiger partial charge on any atom is -0.373 e. The van der Waals surface area contributed by atoms with Crippen molar-refractivity contribution in [3.05, 3.63) is 53.5 Å². The molecule has 2 N–H and O–H groups in total. The van der Waals surface area contributed by atoms with Gasteiger partial charge in [0, 0.05) is 13.2 Å². The molecule has 0 saturated carbocycles. The van der Waals surface area contributed by atoms with Gasteiger partial charge in [-0.05, 0) is 30.3 Å². The normalized spacial score (nSPS) is 9.65. The summed E-state index contributed by atoms with van der Waals surface area (Å²) in [6, 6.07) is 8.68. The Kier molecular flexibility index (Phi) is 3.91. The van der Waals surface area contributed by atoms with Crippen LogP contribution in [-0.4, -0.2) is 17.9 Å². The van der Waals surface area contributed by atoms with Crippen molar-refractivity contribution in [1.29, 1.82) is 5.26 Å². The van der Waals surface area contributed by atoms with Gasteiger partial charge >= 0.3 is 0 Å². The first-order valence-electron chi connectivity index (χ1n) is 5.79. The van der Waals surface area contributed by atoms with Crippen molar-refractivity contribution in [2.24, 2.45) is 0 Å². The first-order valence-corrected chi connectivity index (χ1v) is 5.79. The van der Waals surface area contributed by atoms with Crippen molar-refractivity contribution < 1.29 is 9.18 Å². The molecule has 0 saturated heterocycles. The van der Waals surface area contributed by atoms with Crippen molar-refractivity contribution in [3.63, 3.8) is 0 Å². The number of nitrogens with one attached hydrogen (secondary N) is 2. The lowest BCUT2D eigenvalue weighted by Gasteiger charge is -2.07. The number of nitrogens with zero attached hydrogens (tertiary/aromatic N) is 2. The lowest BCUT2D eigenvalue weighted by Crippen LogP contribution is -2.13. The van der Waals surface area contributed by atoms with Gasteiger partial charge in [-0.15, -0.1) is 0 Å². The van der Waals surface area contributed by atoms with Crippen LogP contribution >= 0.6 is 0 Å². The first kappa shape index (κ1) is 13.5. The fraction of sp³-hybridized carbons (Fsp3) is 0.0714. The maximum absolute atomic E-state index is 13.0.